The van der Waals surface area contributed by atoms with Crippen LogP contribution in [-0.4, -0.2) is 38.9 Å². The molecule has 0 radical (unpaired) electrons. The second kappa shape index (κ2) is 9.94. The normalized spacial score (nSPS) is 12.9. The van der Waals surface area contributed by atoms with Gasteiger partial charge in [-0.15, -0.1) is 0 Å². The minimum Gasteiger partial charge on any atom is -0.353 e. The van der Waals surface area contributed by atoms with Crippen LogP contribution in [0.25, 0.3) is 0 Å². The number of hydrogen-bond donors (Lipinski definition) is 1. The Kier molecular flexibility index (Phi) is 6.82. The van der Waals surface area contributed by atoms with Gasteiger partial charge in [-0.25, -0.2) is 4.79 Å². The lowest BCUT2D eigenvalue weighted by atomic mass is 10.1. The van der Waals surface area contributed by atoms with Crippen LogP contribution in [0.1, 0.15) is 35.2 Å². The Hall–Kier alpha value is -3.54. The van der Waals surface area contributed by atoms with Gasteiger partial charge in [-0.2, -0.15) is 0 Å². The van der Waals surface area contributed by atoms with Crippen LogP contribution in [0.2, 0.25) is 0 Å². The highest BCUT2D eigenvalue weighted by Gasteiger charge is 2.35. The zero-order valence-electron chi connectivity index (χ0n) is 19.6. The van der Waals surface area contributed by atoms with E-state index >= 15 is 0 Å². The van der Waals surface area contributed by atoms with E-state index in [1.165, 1.54) is 0 Å². The number of aromatic nitrogens is 1. The van der Waals surface area contributed by atoms with E-state index in [-0.39, 0.29) is 24.5 Å². The molecule has 3 aromatic rings. The van der Waals surface area contributed by atoms with Crippen LogP contribution in [0.5, 0.6) is 0 Å². The minimum absolute atomic E-state index is 0.0522. The monoisotopic (exact) mass is 444 g/mol. The Bertz CT molecular complexity index is 1100. The number of para-hydroxylation sites is 1. The molecule has 6 heteroatoms. The van der Waals surface area contributed by atoms with Crippen molar-refractivity contribution in [3.8, 4) is 0 Å². The van der Waals surface area contributed by atoms with Crippen LogP contribution in [0, 0.1) is 13.8 Å². The average Bonchev–Trinajstić information content (AvgIpc) is 3.56. The summed E-state index contributed by atoms with van der Waals surface area (Å²) in [6.45, 7) is 5.03. The first kappa shape index (κ1) is 22.6. The second-order valence-electron chi connectivity index (χ2n) is 8.90. The summed E-state index contributed by atoms with van der Waals surface area (Å²) in [5.74, 6) is -0.0522. The predicted octanol–water partition coefficient (Wildman–Crippen LogP) is 4.87. The molecule has 0 saturated heterocycles. The SMILES string of the molecule is Cc1cccc(C)c1NC(=O)N(CC(=O)N(Cc1ccccc1)Cc1cccn1C)C1CC1. The van der Waals surface area contributed by atoms with Crippen molar-refractivity contribution < 1.29 is 9.59 Å². The fraction of sp³-hybridized carbons (Fsp3) is 0.333. The first-order chi connectivity index (χ1) is 15.9. The van der Waals surface area contributed by atoms with Crippen molar-refractivity contribution in [2.75, 3.05) is 11.9 Å². The molecule has 2 aromatic carbocycles. The van der Waals surface area contributed by atoms with E-state index in [1.54, 1.807) is 4.90 Å². The van der Waals surface area contributed by atoms with Crippen LogP contribution < -0.4 is 5.32 Å². The summed E-state index contributed by atoms with van der Waals surface area (Å²) in [5.41, 5.74) is 4.97. The number of benzene rings is 2. The molecule has 1 heterocycles. The standard InChI is InChI=1S/C27H32N4O2/c1-20-9-7-10-21(2)26(20)28-27(33)31(23-14-15-23)19-25(32)30(17-22-11-5-4-6-12-22)18-24-13-8-16-29(24)3/h4-13,16,23H,14-15,17-19H2,1-3H3,(H,28,33). The highest BCUT2D eigenvalue weighted by atomic mass is 16.2. The summed E-state index contributed by atoms with van der Waals surface area (Å²) < 4.78 is 2.03. The predicted molar refractivity (Wildman–Crippen MR) is 131 cm³/mol. The fourth-order valence-electron chi connectivity index (χ4n) is 4.08. The molecule has 6 nitrogen and oxygen atoms in total. The highest BCUT2D eigenvalue weighted by molar-refractivity contribution is 5.94. The quantitative estimate of drug-likeness (QED) is 0.539. The molecule has 1 N–H and O–H groups in total. The van der Waals surface area contributed by atoms with Crippen molar-refractivity contribution >= 4 is 17.6 Å². The number of aryl methyl sites for hydroxylation is 3. The maximum Gasteiger partial charge on any atom is 0.322 e. The molecule has 33 heavy (non-hydrogen) atoms. The van der Waals surface area contributed by atoms with Gasteiger partial charge in [0.2, 0.25) is 5.91 Å². The Morgan fingerprint density at radius 2 is 1.64 bits per heavy atom. The van der Waals surface area contributed by atoms with E-state index < -0.39 is 0 Å². The highest BCUT2D eigenvalue weighted by Crippen LogP contribution is 2.29. The summed E-state index contributed by atoms with van der Waals surface area (Å²) in [4.78, 5) is 30.3. The van der Waals surface area contributed by atoms with Gasteiger partial charge in [0, 0.05) is 37.2 Å². The number of rotatable bonds is 8. The van der Waals surface area contributed by atoms with E-state index in [1.807, 2.05) is 97.2 Å². The molecule has 0 aliphatic heterocycles. The molecular weight excluding hydrogens is 412 g/mol. The lowest BCUT2D eigenvalue weighted by Gasteiger charge is -2.28. The molecule has 1 aromatic heterocycles. The maximum absolute atomic E-state index is 13.5. The van der Waals surface area contributed by atoms with Gasteiger partial charge in [0.05, 0.1) is 6.54 Å². The number of nitrogens with one attached hydrogen (secondary N) is 1. The van der Waals surface area contributed by atoms with E-state index in [4.69, 9.17) is 0 Å². The number of urea groups is 1. The lowest BCUT2D eigenvalue weighted by Crippen LogP contribution is -2.45. The molecule has 1 aliphatic rings. The third kappa shape index (κ3) is 5.64. The first-order valence-electron chi connectivity index (χ1n) is 11.5. The third-order valence-electron chi connectivity index (χ3n) is 6.24. The molecule has 1 saturated carbocycles. The first-order valence-corrected chi connectivity index (χ1v) is 11.5. The molecule has 1 aliphatic carbocycles. The summed E-state index contributed by atoms with van der Waals surface area (Å²) in [6, 6.07) is 19.8. The van der Waals surface area contributed by atoms with Gasteiger partial charge in [0.1, 0.15) is 6.54 Å². The zero-order valence-corrected chi connectivity index (χ0v) is 19.6. The van der Waals surface area contributed by atoms with Gasteiger partial charge < -0.3 is 19.7 Å². The number of anilines is 1. The Labute approximate surface area is 195 Å². The van der Waals surface area contributed by atoms with E-state index in [0.29, 0.717) is 13.1 Å². The van der Waals surface area contributed by atoms with Gasteiger partial charge in [-0.1, -0.05) is 48.5 Å². The molecule has 1 fully saturated rings. The van der Waals surface area contributed by atoms with E-state index in [9.17, 15) is 9.59 Å². The summed E-state index contributed by atoms with van der Waals surface area (Å²) in [7, 11) is 1.98. The molecule has 0 unspecified atom stereocenters. The number of nitrogens with zero attached hydrogens (tertiary/aromatic N) is 3. The van der Waals surface area contributed by atoms with Crippen LogP contribution in [0.3, 0.4) is 0 Å². The Morgan fingerprint density at radius 1 is 0.939 bits per heavy atom. The lowest BCUT2D eigenvalue weighted by molar-refractivity contribution is -0.133. The summed E-state index contributed by atoms with van der Waals surface area (Å²) >= 11 is 0. The van der Waals surface area contributed by atoms with Crippen LogP contribution >= 0.6 is 0 Å². The zero-order chi connectivity index (χ0) is 23.4. The molecule has 3 amide bonds. The van der Waals surface area contributed by atoms with Gasteiger partial charge in [-0.05, 0) is 55.5 Å². The van der Waals surface area contributed by atoms with Crippen LogP contribution in [0.15, 0.2) is 66.9 Å². The average molecular weight is 445 g/mol. The van der Waals surface area contributed by atoms with Crippen molar-refractivity contribution in [1.82, 2.24) is 14.4 Å². The van der Waals surface area contributed by atoms with Gasteiger partial charge in [0.25, 0.3) is 0 Å². The van der Waals surface area contributed by atoms with Crippen LogP contribution in [0.4, 0.5) is 10.5 Å². The maximum atomic E-state index is 13.5. The summed E-state index contributed by atoms with van der Waals surface area (Å²) in [6.07, 6.45) is 3.85. The second-order valence-corrected chi connectivity index (χ2v) is 8.90. The molecule has 0 atom stereocenters. The van der Waals surface area contributed by atoms with Crippen molar-refractivity contribution in [3.63, 3.8) is 0 Å². The molecular formula is C27H32N4O2. The fourth-order valence-corrected chi connectivity index (χ4v) is 4.08. The third-order valence-corrected chi connectivity index (χ3v) is 6.24. The minimum atomic E-state index is -0.207. The smallest absolute Gasteiger partial charge is 0.322 e. The summed E-state index contributed by atoms with van der Waals surface area (Å²) in [5, 5.41) is 3.06. The van der Waals surface area contributed by atoms with Crippen molar-refractivity contribution in [2.24, 2.45) is 7.05 Å². The number of hydrogen-bond acceptors (Lipinski definition) is 2. The topological polar surface area (TPSA) is 57.6 Å². The van der Waals surface area contributed by atoms with Crippen molar-refractivity contribution in [2.45, 2.75) is 45.8 Å². The van der Waals surface area contributed by atoms with Gasteiger partial charge >= 0.3 is 6.03 Å². The van der Waals surface area contributed by atoms with Crippen LogP contribution in [-0.2, 0) is 24.9 Å². The van der Waals surface area contributed by atoms with E-state index in [2.05, 4.69) is 5.32 Å². The number of carbonyl (C=O) groups is 2. The van der Waals surface area contributed by atoms with E-state index in [0.717, 1.165) is 40.9 Å². The van der Waals surface area contributed by atoms with Crippen molar-refractivity contribution in [1.29, 1.82) is 0 Å². The number of carbonyl (C=O) groups excluding carboxylic acids is 2. The van der Waals surface area contributed by atoms with Gasteiger partial charge in [0.15, 0.2) is 0 Å². The van der Waals surface area contributed by atoms with Crippen molar-refractivity contribution in [3.05, 3.63) is 89.2 Å². The molecule has 4 rings (SSSR count). The van der Waals surface area contributed by atoms with Gasteiger partial charge in [-0.3, -0.25) is 4.79 Å². The molecule has 0 bridgehead atoms. The Balaban J connectivity index is 1.51. The largest absolute Gasteiger partial charge is 0.353 e. The molecule has 0 spiro atoms. The number of amides is 3. The Morgan fingerprint density at radius 3 is 2.24 bits per heavy atom. The molecule has 172 valence electrons.